The molecule has 0 aliphatic carbocycles. The van der Waals surface area contributed by atoms with Gasteiger partial charge in [-0.25, -0.2) is 14.8 Å². The van der Waals surface area contributed by atoms with Crippen LogP contribution in [0.3, 0.4) is 0 Å². The second-order valence-corrected chi connectivity index (χ2v) is 6.00. The minimum atomic E-state index is -0.548. The number of carbonyl (C=O) groups is 1. The zero-order valence-corrected chi connectivity index (χ0v) is 12.8. The molecule has 2 heterocycles. The summed E-state index contributed by atoms with van der Waals surface area (Å²) in [4.78, 5) is 20.2. The van der Waals surface area contributed by atoms with E-state index in [9.17, 15) is 4.79 Å². The Morgan fingerprint density at radius 3 is 2.79 bits per heavy atom. The number of aryl methyl sites for hydroxylation is 1. The summed E-state index contributed by atoms with van der Waals surface area (Å²) >= 11 is 3.40. The second kappa shape index (κ2) is 4.80. The molecule has 0 atom stereocenters. The quantitative estimate of drug-likeness (QED) is 0.874. The molecule has 2 aromatic rings. The van der Waals surface area contributed by atoms with Gasteiger partial charge in [-0.15, -0.1) is 0 Å². The van der Waals surface area contributed by atoms with E-state index >= 15 is 0 Å². The van der Waals surface area contributed by atoms with Crippen LogP contribution in [-0.2, 0) is 11.8 Å². The minimum absolute atomic E-state index is 0.355. The van der Waals surface area contributed by atoms with Gasteiger partial charge in [-0.2, -0.15) is 0 Å². The molecule has 0 spiro atoms. The summed E-state index contributed by atoms with van der Waals surface area (Å²) < 4.78 is 7.83. The largest absolute Gasteiger partial charge is 0.444 e. The number of amides is 1. The Hall–Kier alpha value is -1.63. The van der Waals surface area contributed by atoms with E-state index in [1.807, 2.05) is 17.8 Å². The Kier molecular flexibility index (Phi) is 3.49. The molecule has 0 radical (unpaired) electrons. The molecule has 0 aliphatic rings. The third-order valence-corrected chi connectivity index (χ3v) is 2.83. The first-order valence-corrected chi connectivity index (χ1v) is 6.53. The smallest absolute Gasteiger partial charge is 0.413 e. The van der Waals surface area contributed by atoms with E-state index < -0.39 is 11.7 Å². The Balaban J connectivity index is 2.22. The van der Waals surface area contributed by atoms with Crippen molar-refractivity contribution in [2.45, 2.75) is 26.4 Å². The van der Waals surface area contributed by atoms with E-state index in [0.717, 1.165) is 10.1 Å². The van der Waals surface area contributed by atoms with Gasteiger partial charge in [-0.3, -0.25) is 5.32 Å². The Bertz CT molecular complexity index is 630. The maximum Gasteiger partial charge on any atom is 0.413 e. The maximum atomic E-state index is 11.6. The van der Waals surface area contributed by atoms with Gasteiger partial charge in [0, 0.05) is 13.2 Å². The van der Waals surface area contributed by atoms with Crippen LogP contribution in [-0.4, -0.2) is 26.2 Å². The van der Waals surface area contributed by atoms with E-state index in [1.165, 1.54) is 6.20 Å². The van der Waals surface area contributed by atoms with Crippen molar-refractivity contribution in [3.05, 3.63) is 16.9 Å². The van der Waals surface area contributed by atoms with Crippen LogP contribution in [0.1, 0.15) is 20.8 Å². The van der Waals surface area contributed by atoms with Crippen LogP contribution >= 0.6 is 15.9 Å². The number of nitrogens with zero attached hydrogens (tertiary/aromatic N) is 3. The number of hydrogen-bond acceptors (Lipinski definition) is 4. The van der Waals surface area contributed by atoms with E-state index in [0.29, 0.717) is 11.3 Å². The lowest BCUT2D eigenvalue weighted by Gasteiger charge is -2.19. The van der Waals surface area contributed by atoms with Crippen molar-refractivity contribution in [2.24, 2.45) is 7.05 Å². The van der Waals surface area contributed by atoms with Crippen molar-refractivity contribution in [2.75, 3.05) is 5.32 Å². The number of hydrogen-bond donors (Lipinski definition) is 1. The van der Waals surface area contributed by atoms with Crippen LogP contribution < -0.4 is 5.32 Å². The number of carbonyl (C=O) groups excluding carboxylic acids is 1. The number of aromatic nitrogens is 3. The third kappa shape index (κ3) is 3.23. The average Bonchev–Trinajstić information content (AvgIpc) is 2.51. The highest BCUT2D eigenvalue weighted by Crippen LogP contribution is 2.23. The fourth-order valence-electron chi connectivity index (χ4n) is 1.56. The number of anilines is 1. The molecule has 0 unspecified atom stereocenters. The van der Waals surface area contributed by atoms with Crippen LogP contribution in [0.2, 0.25) is 0 Å². The van der Waals surface area contributed by atoms with Crippen LogP contribution in [0.25, 0.3) is 11.2 Å². The highest BCUT2D eigenvalue weighted by Gasteiger charge is 2.17. The minimum Gasteiger partial charge on any atom is -0.444 e. The first-order chi connectivity index (χ1) is 8.76. The zero-order valence-electron chi connectivity index (χ0n) is 11.2. The van der Waals surface area contributed by atoms with Gasteiger partial charge < -0.3 is 9.30 Å². The highest BCUT2D eigenvalue weighted by atomic mass is 79.9. The summed E-state index contributed by atoms with van der Waals surface area (Å²) in [6, 6.07) is 0. The normalized spacial score (nSPS) is 11.6. The first-order valence-electron chi connectivity index (χ1n) is 5.74. The molecule has 102 valence electrons. The lowest BCUT2D eigenvalue weighted by molar-refractivity contribution is 0.0635. The van der Waals surface area contributed by atoms with Gasteiger partial charge in [0.1, 0.15) is 11.1 Å². The Morgan fingerprint density at radius 1 is 1.47 bits per heavy atom. The summed E-state index contributed by atoms with van der Waals surface area (Å²) in [6.07, 6.45) is 2.81. The molecule has 0 fully saturated rings. The first kappa shape index (κ1) is 13.8. The molecule has 1 N–H and O–H groups in total. The molecule has 0 saturated carbocycles. The van der Waals surface area contributed by atoms with Gasteiger partial charge in [-0.05, 0) is 36.7 Å². The SMILES string of the molecule is Cn1cc(Br)c2nc(NC(=O)OC(C)(C)C)cnc21. The Labute approximate surface area is 119 Å². The van der Waals surface area contributed by atoms with Gasteiger partial charge in [0.25, 0.3) is 0 Å². The second-order valence-electron chi connectivity index (χ2n) is 5.14. The van der Waals surface area contributed by atoms with E-state index in [4.69, 9.17) is 4.74 Å². The van der Waals surface area contributed by atoms with Crippen molar-refractivity contribution >= 4 is 39.0 Å². The summed E-state index contributed by atoms with van der Waals surface area (Å²) in [5.74, 6) is 0.355. The molecule has 19 heavy (non-hydrogen) atoms. The predicted molar refractivity (Wildman–Crippen MR) is 76.1 cm³/mol. The standard InChI is InChI=1S/C12H15BrN4O2/c1-12(2,3)19-11(18)16-8-5-14-10-9(15-8)7(13)6-17(10)4/h5-6H,1-4H3,(H,15,16,18). The van der Waals surface area contributed by atoms with Crippen molar-refractivity contribution in [3.63, 3.8) is 0 Å². The van der Waals surface area contributed by atoms with Crippen LogP contribution in [0.4, 0.5) is 10.6 Å². The van der Waals surface area contributed by atoms with Crippen molar-refractivity contribution in [1.29, 1.82) is 0 Å². The van der Waals surface area contributed by atoms with Gasteiger partial charge in [-0.1, -0.05) is 0 Å². The maximum absolute atomic E-state index is 11.6. The van der Waals surface area contributed by atoms with Crippen LogP contribution in [0.5, 0.6) is 0 Å². The number of halogens is 1. The van der Waals surface area contributed by atoms with Crippen LogP contribution in [0, 0.1) is 0 Å². The summed E-state index contributed by atoms with van der Waals surface area (Å²) in [7, 11) is 1.88. The molecular weight excluding hydrogens is 312 g/mol. The third-order valence-electron chi connectivity index (χ3n) is 2.25. The van der Waals surface area contributed by atoms with Gasteiger partial charge in [0.15, 0.2) is 11.5 Å². The van der Waals surface area contributed by atoms with Gasteiger partial charge >= 0.3 is 6.09 Å². The predicted octanol–water partition coefficient (Wildman–Crippen LogP) is 3.08. The number of nitrogens with one attached hydrogen (secondary N) is 1. The van der Waals surface area contributed by atoms with Gasteiger partial charge in [0.05, 0.1) is 10.7 Å². The highest BCUT2D eigenvalue weighted by molar-refractivity contribution is 9.10. The van der Waals surface area contributed by atoms with Crippen molar-refractivity contribution in [3.8, 4) is 0 Å². The lowest BCUT2D eigenvalue weighted by atomic mass is 10.2. The molecule has 0 saturated heterocycles. The van der Waals surface area contributed by atoms with Crippen molar-refractivity contribution < 1.29 is 9.53 Å². The molecule has 6 nitrogen and oxygen atoms in total. The number of fused-ring (bicyclic) bond motifs is 1. The molecule has 2 aromatic heterocycles. The monoisotopic (exact) mass is 326 g/mol. The molecule has 7 heteroatoms. The molecule has 0 bridgehead atoms. The lowest BCUT2D eigenvalue weighted by Crippen LogP contribution is -2.27. The molecule has 0 aromatic carbocycles. The molecule has 1 amide bonds. The average molecular weight is 327 g/mol. The van der Waals surface area contributed by atoms with E-state index in [-0.39, 0.29) is 0 Å². The Morgan fingerprint density at radius 2 is 2.16 bits per heavy atom. The summed E-state index contributed by atoms with van der Waals surface area (Å²) in [5.41, 5.74) is 0.882. The number of rotatable bonds is 1. The molecular formula is C12H15BrN4O2. The van der Waals surface area contributed by atoms with E-state index in [2.05, 4.69) is 31.2 Å². The molecule has 0 aliphatic heterocycles. The van der Waals surface area contributed by atoms with Crippen molar-refractivity contribution in [1.82, 2.24) is 14.5 Å². The summed E-state index contributed by atoms with van der Waals surface area (Å²) in [5, 5.41) is 2.56. The van der Waals surface area contributed by atoms with Crippen LogP contribution in [0.15, 0.2) is 16.9 Å². The fraction of sp³-hybridized carbons (Fsp3) is 0.417. The zero-order chi connectivity index (χ0) is 14.2. The van der Waals surface area contributed by atoms with Gasteiger partial charge in [0.2, 0.25) is 0 Å². The number of ether oxygens (including phenoxy) is 1. The fourth-order valence-corrected chi connectivity index (χ4v) is 2.13. The van der Waals surface area contributed by atoms with E-state index in [1.54, 1.807) is 20.8 Å². The topological polar surface area (TPSA) is 69.0 Å². The summed E-state index contributed by atoms with van der Waals surface area (Å²) in [6.45, 7) is 5.40. The molecule has 2 rings (SSSR count).